The van der Waals surface area contributed by atoms with Crippen LogP contribution in [0.4, 0.5) is 5.13 Å². The fourth-order valence-corrected chi connectivity index (χ4v) is 4.32. The van der Waals surface area contributed by atoms with E-state index in [4.69, 9.17) is 10.6 Å². The number of nitrogens with zero attached hydrogens (tertiary/aromatic N) is 4. The van der Waals surface area contributed by atoms with Gasteiger partial charge in [0.25, 0.3) is 11.8 Å². The third-order valence-corrected chi connectivity index (χ3v) is 5.76. The molecule has 0 aromatic carbocycles. The fraction of sp³-hybridized carbons (Fsp3) is 0.263. The number of carboxylic acid groups (broad SMARTS) is 1. The van der Waals surface area contributed by atoms with Gasteiger partial charge in [-0.05, 0) is 6.42 Å². The van der Waals surface area contributed by atoms with Crippen LogP contribution >= 0.6 is 11.3 Å². The van der Waals surface area contributed by atoms with E-state index in [1.807, 2.05) is 6.07 Å². The highest BCUT2D eigenvalue weighted by molar-refractivity contribution is 7.13. The molecule has 1 unspecified atom stereocenters. The number of hydrogen-bond donors (Lipinski definition) is 3. The van der Waals surface area contributed by atoms with Crippen molar-refractivity contribution in [1.29, 1.82) is 0 Å². The zero-order chi connectivity index (χ0) is 22.1. The number of hydrogen-bond acceptors (Lipinski definition) is 9. The van der Waals surface area contributed by atoms with Gasteiger partial charge >= 0.3 is 5.97 Å². The summed E-state index contributed by atoms with van der Waals surface area (Å²) < 4.78 is 1.69. The quantitative estimate of drug-likeness (QED) is 0.226. The molecule has 12 nitrogen and oxygen atoms in total. The number of oxime groups is 1. The Kier molecular flexibility index (Phi) is 6.50. The summed E-state index contributed by atoms with van der Waals surface area (Å²) >= 11 is 1.14. The number of amides is 2. The van der Waals surface area contributed by atoms with E-state index in [0.717, 1.165) is 11.3 Å². The number of thiazole rings is 1. The molecule has 1 saturated heterocycles. The normalized spacial score (nSPS) is 20.1. The molecule has 2 aromatic rings. The average Bonchev–Trinajstić information content (AvgIpc) is 3.20. The molecule has 0 aliphatic carbocycles. The molecule has 4 heterocycles. The molecule has 0 bridgehead atoms. The maximum absolute atomic E-state index is 12.8. The molecule has 168 valence electrons. The third-order valence-electron chi connectivity index (χ3n) is 5.09. The molecule has 4 rings (SSSR count). The Balaban J connectivity index is 0.00000289. The third kappa shape index (κ3) is 3.90. The van der Waals surface area contributed by atoms with Crippen LogP contribution in [0.25, 0.3) is 5.70 Å². The van der Waals surface area contributed by atoms with Gasteiger partial charge < -0.3 is 26.5 Å². The highest BCUT2D eigenvalue weighted by atomic mass is 32.1. The number of fused-ring (bicyclic) bond motifs is 1. The summed E-state index contributed by atoms with van der Waals surface area (Å²) in [5.74, 6) is -2.36. The van der Waals surface area contributed by atoms with Gasteiger partial charge in [0.1, 0.15) is 18.8 Å². The molecule has 32 heavy (non-hydrogen) atoms. The molecule has 2 aromatic heterocycles. The predicted octanol–water partition coefficient (Wildman–Crippen LogP) is -0.371. The summed E-state index contributed by atoms with van der Waals surface area (Å²) in [5.41, 5.74) is 6.16. The first-order chi connectivity index (χ1) is 14.9. The first kappa shape index (κ1) is 22.8. The van der Waals surface area contributed by atoms with Crippen LogP contribution in [-0.2, 0) is 19.2 Å². The lowest BCUT2D eigenvalue weighted by Gasteiger charge is -2.48. The van der Waals surface area contributed by atoms with Crippen molar-refractivity contribution in [3.8, 4) is 0 Å². The van der Waals surface area contributed by atoms with Crippen molar-refractivity contribution in [2.24, 2.45) is 5.16 Å². The summed E-state index contributed by atoms with van der Waals surface area (Å²) in [4.78, 5) is 47.6. The smallest absolute Gasteiger partial charge is 0.359 e. The van der Waals surface area contributed by atoms with Crippen LogP contribution in [0.2, 0.25) is 0 Å². The van der Waals surface area contributed by atoms with Crippen molar-refractivity contribution in [3.05, 3.63) is 47.4 Å². The maximum atomic E-state index is 12.8. The van der Waals surface area contributed by atoms with Gasteiger partial charge in [0.05, 0.1) is 6.04 Å². The Hall–Kier alpha value is -3.84. The molecule has 5 N–H and O–H groups in total. The van der Waals surface area contributed by atoms with E-state index in [1.165, 1.54) is 12.0 Å². The lowest BCUT2D eigenvalue weighted by atomic mass is 9.85. The van der Waals surface area contributed by atoms with Crippen molar-refractivity contribution in [3.63, 3.8) is 0 Å². The number of nitrogens with one attached hydrogen (secondary N) is 1. The largest absolute Gasteiger partial charge is 0.870 e. The van der Waals surface area contributed by atoms with E-state index in [9.17, 15) is 19.5 Å². The number of carbonyl (C=O) groups is 3. The first-order valence-electron chi connectivity index (χ1n) is 9.32. The highest BCUT2D eigenvalue weighted by Gasteiger charge is 2.55. The average molecular weight is 460 g/mol. The molecule has 0 spiro atoms. The monoisotopic (exact) mass is 460 g/mol. The zero-order valence-corrected chi connectivity index (χ0v) is 17.7. The first-order valence-corrected chi connectivity index (χ1v) is 10.2. The van der Waals surface area contributed by atoms with Gasteiger partial charge in [-0.2, -0.15) is 4.57 Å². The molecule has 2 aliphatic rings. The van der Waals surface area contributed by atoms with Gasteiger partial charge in [-0.15, -0.1) is 11.3 Å². The standard InChI is InChI=1S/C19H18N6O5S.H2O/c1-30-23-13(10-9-31-19(20)21-10)16(26)22-14-11-5-6-12(24-7-3-2-4-8-24)15(18(28)29)25(11)17(14)27;/h2-4,7-9,11,14H,5-6H2,1H3,(H3-,20,21,22,26,28,29);1H2/b23-13-;/t11?,14-;/m1./s1. The minimum Gasteiger partial charge on any atom is -0.870 e. The van der Waals surface area contributed by atoms with Gasteiger partial charge in [-0.25, -0.2) is 9.78 Å². The van der Waals surface area contributed by atoms with E-state index in [2.05, 4.69) is 15.5 Å². The van der Waals surface area contributed by atoms with Crippen LogP contribution < -0.4 is 15.6 Å². The molecule has 0 radical (unpaired) electrons. The van der Waals surface area contributed by atoms with Crippen molar-refractivity contribution < 1.29 is 34.4 Å². The molecular formula is C19H20N6O6S. The van der Waals surface area contributed by atoms with E-state index in [1.54, 1.807) is 34.5 Å². The number of anilines is 1. The van der Waals surface area contributed by atoms with Crippen LogP contribution in [0.1, 0.15) is 18.5 Å². The summed E-state index contributed by atoms with van der Waals surface area (Å²) in [6.07, 6.45) is 4.38. The van der Waals surface area contributed by atoms with Crippen molar-refractivity contribution in [2.75, 3.05) is 12.8 Å². The molecule has 2 amide bonds. The van der Waals surface area contributed by atoms with E-state index >= 15 is 0 Å². The number of nitrogen functional groups attached to an aromatic ring is 1. The molecular weight excluding hydrogens is 440 g/mol. The number of nitrogens with two attached hydrogens (primary N) is 1. The van der Waals surface area contributed by atoms with Crippen LogP contribution in [-0.4, -0.2) is 63.2 Å². The number of rotatable bonds is 6. The fourth-order valence-electron chi connectivity index (χ4n) is 3.77. The summed E-state index contributed by atoms with van der Waals surface area (Å²) in [6, 6.07) is 4.03. The SMILES string of the molecule is CO/N=C(\C(=O)N[C@H]1C(=O)N2C(C(=O)O)=C([n+]3ccccc3)CCC12)c1csc(N)n1.[OH-]. The van der Waals surface area contributed by atoms with Gasteiger partial charge in [-0.3, -0.25) is 14.5 Å². The predicted molar refractivity (Wildman–Crippen MR) is 111 cm³/mol. The second-order valence-electron chi connectivity index (χ2n) is 6.84. The van der Waals surface area contributed by atoms with Crippen molar-refractivity contribution >= 4 is 45.7 Å². The molecule has 2 aliphatic heterocycles. The summed E-state index contributed by atoms with van der Waals surface area (Å²) in [7, 11) is 1.28. The topological polar surface area (TPSA) is 181 Å². The number of pyridine rings is 1. The van der Waals surface area contributed by atoms with E-state index < -0.39 is 29.9 Å². The lowest BCUT2D eigenvalue weighted by Crippen LogP contribution is -2.72. The number of β-lactam (4-membered cyclic amide) rings is 1. The Morgan fingerprint density at radius 2 is 2.09 bits per heavy atom. The van der Waals surface area contributed by atoms with Crippen LogP contribution in [0.3, 0.4) is 0 Å². The molecule has 2 atom stereocenters. The zero-order valence-electron chi connectivity index (χ0n) is 16.8. The molecule has 13 heteroatoms. The van der Waals surface area contributed by atoms with Gasteiger partial charge in [0.15, 0.2) is 28.9 Å². The second kappa shape index (κ2) is 9.11. The van der Waals surface area contributed by atoms with Crippen LogP contribution in [0.5, 0.6) is 0 Å². The highest BCUT2D eigenvalue weighted by Crippen LogP contribution is 2.36. The Morgan fingerprint density at radius 1 is 1.38 bits per heavy atom. The van der Waals surface area contributed by atoms with E-state index in [-0.39, 0.29) is 27.7 Å². The number of allylic oxidation sites excluding steroid dienone is 1. The summed E-state index contributed by atoms with van der Waals surface area (Å²) in [6.45, 7) is 0. The lowest BCUT2D eigenvalue weighted by molar-refractivity contribution is -0.585. The Labute approximate surface area is 185 Å². The van der Waals surface area contributed by atoms with Crippen molar-refractivity contribution in [2.45, 2.75) is 24.9 Å². The van der Waals surface area contributed by atoms with Crippen LogP contribution in [0.15, 0.2) is 46.8 Å². The molecule has 1 fully saturated rings. The Morgan fingerprint density at radius 3 is 2.69 bits per heavy atom. The van der Waals surface area contributed by atoms with Gasteiger partial charge in [-0.1, -0.05) is 11.2 Å². The number of carboxylic acids is 1. The summed E-state index contributed by atoms with van der Waals surface area (Å²) in [5, 5.41) is 17.9. The van der Waals surface area contributed by atoms with E-state index in [0.29, 0.717) is 18.5 Å². The van der Waals surface area contributed by atoms with Crippen molar-refractivity contribution in [1.82, 2.24) is 15.2 Å². The second-order valence-corrected chi connectivity index (χ2v) is 7.73. The van der Waals surface area contributed by atoms with Crippen LogP contribution in [0, 0.1) is 0 Å². The minimum atomic E-state index is -1.20. The maximum Gasteiger partial charge on any atom is 0.359 e. The van der Waals surface area contributed by atoms with Gasteiger partial charge in [0, 0.05) is 23.9 Å². The number of carbonyl (C=O) groups excluding carboxylic acids is 2. The number of aliphatic carboxylic acids is 1. The van der Waals surface area contributed by atoms with Gasteiger partial charge in [0.2, 0.25) is 5.70 Å². The number of aromatic nitrogens is 2. The minimum absolute atomic E-state index is 0. The molecule has 0 saturated carbocycles. The Bertz CT molecular complexity index is 1110.